The first-order chi connectivity index (χ1) is 15.4. The minimum absolute atomic E-state index is 0.0335. The first-order valence-corrected chi connectivity index (χ1v) is 10.5. The molecule has 1 aliphatic rings. The maximum atomic E-state index is 13.8. The van der Waals surface area contributed by atoms with E-state index in [1.54, 1.807) is 72.8 Å². The van der Waals surface area contributed by atoms with E-state index < -0.39 is 17.8 Å². The number of amides is 2. The van der Waals surface area contributed by atoms with Crippen molar-refractivity contribution in [3.05, 3.63) is 94.0 Å². The third kappa shape index (κ3) is 3.70. The van der Waals surface area contributed by atoms with Crippen LogP contribution in [0.4, 0.5) is 16.2 Å². The molecule has 0 bridgehead atoms. The molecule has 0 aromatic heterocycles. The number of urea groups is 1. The predicted molar refractivity (Wildman–Crippen MR) is 124 cm³/mol. The summed E-state index contributed by atoms with van der Waals surface area (Å²) in [4.78, 5) is 16.6. The molecule has 1 saturated heterocycles. The van der Waals surface area contributed by atoms with E-state index >= 15 is 0 Å². The fraction of sp³-hybridized carbons (Fsp3) is 0.167. The minimum atomic E-state index is -1.84. The van der Waals surface area contributed by atoms with Crippen LogP contribution in [0.15, 0.2) is 72.8 Å². The van der Waals surface area contributed by atoms with Crippen LogP contribution in [0.25, 0.3) is 0 Å². The topological polar surface area (TPSA) is 76.8 Å². The van der Waals surface area contributed by atoms with Crippen molar-refractivity contribution in [3.63, 3.8) is 0 Å². The summed E-state index contributed by atoms with van der Waals surface area (Å²) < 4.78 is 5.43. The molecule has 3 aromatic carbocycles. The zero-order chi connectivity index (χ0) is 22.9. The van der Waals surface area contributed by atoms with Crippen LogP contribution in [0.3, 0.4) is 0 Å². The lowest BCUT2D eigenvalue weighted by molar-refractivity contribution is 0.00491. The Bertz CT molecular complexity index is 1180. The van der Waals surface area contributed by atoms with Crippen molar-refractivity contribution in [2.75, 3.05) is 23.5 Å². The number of nitriles is 1. The normalized spacial score (nSPS) is 20.5. The molecule has 0 radical (unpaired) electrons. The van der Waals surface area contributed by atoms with Crippen molar-refractivity contribution in [1.82, 2.24) is 0 Å². The summed E-state index contributed by atoms with van der Waals surface area (Å²) in [6.45, 7) is 0.0335. The molecule has 8 heteroatoms. The standard InChI is InChI=1S/C24H19Cl2N3O3/c1-32-15-22-24(31,17-4-2-3-16(13-17)14-27)29(21-11-7-19(26)8-12-21)23(30)28(22)20-9-5-18(25)6-10-20/h2-13,22,31H,15H2,1H3. The number of anilines is 2. The second kappa shape index (κ2) is 8.81. The lowest BCUT2D eigenvalue weighted by atomic mass is 9.92. The van der Waals surface area contributed by atoms with Gasteiger partial charge in [0.2, 0.25) is 0 Å². The van der Waals surface area contributed by atoms with E-state index in [4.69, 9.17) is 27.9 Å². The highest BCUT2D eigenvalue weighted by Gasteiger charge is 2.58. The summed E-state index contributed by atoms with van der Waals surface area (Å²) in [5.74, 6) is 0. The van der Waals surface area contributed by atoms with Gasteiger partial charge < -0.3 is 9.84 Å². The van der Waals surface area contributed by atoms with Gasteiger partial charge in [0.1, 0.15) is 6.04 Å². The summed E-state index contributed by atoms with van der Waals surface area (Å²) >= 11 is 12.1. The molecule has 0 aliphatic carbocycles. The van der Waals surface area contributed by atoms with Crippen molar-refractivity contribution in [1.29, 1.82) is 5.26 Å². The Hall–Kier alpha value is -3.08. The Morgan fingerprint density at radius 2 is 1.62 bits per heavy atom. The van der Waals surface area contributed by atoms with Gasteiger partial charge in [-0.2, -0.15) is 5.26 Å². The van der Waals surface area contributed by atoms with Crippen LogP contribution in [0.5, 0.6) is 0 Å². The molecule has 2 amide bonds. The third-order valence-corrected chi connectivity index (χ3v) is 5.95. The second-order valence-electron chi connectivity index (χ2n) is 7.33. The zero-order valence-electron chi connectivity index (χ0n) is 17.1. The SMILES string of the molecule is COCC1N(c2ccc(Cl)cc2)C(=O)N(c2ccc(Cl)cc2)C1(O)c1cccc(C#N)c1. The average Bonchev–Trinajstić information content (AvgIpc) is 3.03. The summed E-state index contributed by atoms with van der Waals surface area (Å²) in [6.07, 6.45) is 0. The first kappa shape index (κ1) is 22.1. The van der Waals surface area contributed by atoms with E-state index in [1.165, 1.54) is 16.9 Å². The molecule has 3 aromatic rings. The monoisotopic (exact) mass is 467 g/mol. The van der Waals surface area contributed by atoms with Crippen LogP contribution < -0.4 is 9.80 Å². The molecule has 1 fully saturated rings. The molecular formula is C24H19Cl2N3O3. The smallest absolute Gasteiger partial charge is 0.332 e. The lowest BCUT2D eigenvalue weighted by Gasteiger charge is -2.37. The van der Waals surface area contributed by atoms with Gasteiger partial charge in [0.15, 0.2) is 5.72 Å². The van der Waals surface area contributed by atoms with Crippen LogP contribution in [0.2, 0.25) is 10.0 Å². The van der Waals surface area contributed by atoms with Crippen molar-refractivity contribution in [2.45, 2.75) is 11.8 Å². The van der Waals surface area contributed by atoms with Crippen LogP contribution in [0, 0.1) is 11.3 Å². The fourth-order valence-electron chi connectivity index (χ4n) is 3.99. The van der Waals surface area contributed by atoms with E-state index in [-0.39, 0.29) is 6.61 Å². The van der Waals surface area contributed by atoms with Crippen LogP contribution >= 0.6 is 23.2 Å². The molecule has 0 saturated carbocycles. The minimum Gasteiger partial charge on any atom is -0.382 e. The summed E-state index contributed by atoms with van der Waals surface area (Å²) in [7, 11) is 1.50. The Morgan fingerprint density at radius 1 is 1.03 bits per heavy atom. The lowest BCUT2D eigenvalue weighted by Crippen LogP contribution is -2.51. The van der Waals surface area contributed by atoms with Gasteiger partial charge in [0.05, 0.1) is 18.2 Å². The molecule has 1 N–H and O–H groups in total. The number of aliphatic hydroxyl groups is 1. The van der Waals surface area contributed by atoms with Gasteiger partial charge in [0, 0.05) is 34.1 Å². The van der Waals surface area contributed by atoms with E-state index in [0.29, 0.717) is 32.5 Å². The van der Waals surface area contributed by atoms with Gasteiger partial charge in [-0.05, 0) is 60.7 Å². The van der Waals surface area contributed by atoms with E-state index in [9.17, 15) is 15.2 Å². The number of carbonyl (C=O) groups is 1. The molecule has 2 unspecified atom stereocenters. The van der Waals surface area contributed by atoms with Crippen LogP contribution in [-0.2, 0) is 10.5 Å². The molecule has 32 heavy (non-hydrogen) atoms. The van der Waals surface area contributed by atoms with Gasteiger partial charge in [-0.25, -0.2) is 4.79 Å². The molecule has 1 aliphatic heterocycles. The molecule has 4 rings (SSSR count). The number of hydrogen-bond donors (Lipinski definition) is 1. The van der Waals surface area contributed by atoms with Crippen LogP contribution in [-0.4, -0.2) is 30.9 Å². The molecule has 1 heterocycles. The van der Waals surface area contributed by atoms with Crippen molar-refractivity contribution < 1.29 is 14.6 Å². The maximum Gasteiger partial charge on any atom is 0.332 e. The first-order valence-electron chi connectivity index (χ1n) is 9.76. The number of rotatable bonds is 5. The van der Waals surface area contributed by atoms with E-state index in [1.807, 2.05) is 0 Å². The number of methoxy groups -OCH3 is 1. The molecule has 0 spiro atoms. The third-order valence-electron chi connectivity index (χ3n) is 5.45. The Kier molecular flexibility index (Phi) is 6.09. The Balaban J connectivity index is 1.96. The molecule has 2 atom stereocenters. The van der Waals surface area contributed by atoms with Crippen molar-refractivity contribution in [2.24, 2.45) is 0 Å². The average molecular weight is 468 g/mol. The van der Waals surface area contributed by atoms with Gasteiger partial charge >= 0.3 is 6.03 Å². The largest absolute Gasteiger partial charge is 0.382 e. The summed E-state index contributed by atoms with van der Waals surface area (Å²) in [6, 6.07) is 20.8. The van der Waals surface area contributed by atoms with Gasteiger partial charge in [-0.15, -0.1) is 0 Å². The molecule has 6 nitrogen and oxygen atoms in total. The number of nitrogens with zero attached hydrogens (tertiary/aromatic N) is 3. The van der Waals surface area contributed by atoms with Gasteiger partial charge in [-0.3, -0.25) is 9.80 Å². The number of ether oxygens (including phenoxy) is 1. The quantitative estimate of drug-likeness (QED) is 0.561. The van der Waals surface area contributed by atoms with E-state index in [0.717, 1.165) is 0 Å². The molecular weight excluding hydrogens is 449 g/mol. The number of carbonyl (C=O) groups excluding carboxylic acids is 1. The number of halogens is 2. The predicted octanol–water partition coefficient (Wildman–Crippen LogP) is 5.17. The summed E-state index contributed by atoms with van der Waals surface area (Å²) in [5.41, 5.74) is -0.0959. The Labute approximate surface area is 195 Å². The van der Waals surface area contributed by atoms with Gasteiger partial charge in [-0.1, -0.05) is 35.3 Å². The number of benzene rings is 3. The van der Waals surface area contributed by atoms with E-state index in [2.05, 4.69) is 6.07 Å². The highest BCUT2D eigenvalue weighted by Crippen LogP contribution is 2.45. The summed E-state index contributed by atoms with van der Waals surface area (Å²) in [5, 5.41) is 22.7. The van der Waals surface area contributed by atoms with Crippen LogP contribution in [0.1, 0.15) is 11.1 Å². The van der Waals surface area contributed by atoms with Crippen molar-refractivity contribution in [3.8, 4) is 6.07 Å². The molecule has 162 valence electrons. The van der Waals surface area contributed by atoms with Gasteiger partial charge in [0.25, 0.3) is 0 Å². The highest BCUT2D eigenvalue weighted by atomic mass is 35.5. The Morgan fingerprint density at radius 3 is 2.19 bits per heavy atom. The second-order valence-corrected chi connectivity index (χ2v) is 8.20. The highest BCUT2D eigenvalue weighted by molar-refractivity contribution is 6.31. The maximum absolute atomic E-state index is 13.8. The zero-order valence-corrected chi connectivity index (χ0v) is 18.6. The number of hydrogen-bond acceptors (Lipinski definition) is 4. The van der Waals surface area contributed by atoms with Crippen molar-refractivity contribution >= 4 is 40.6 Å². The fourth-order valence-corrected chi connectivity index (χ4v) is 4.25.